The predicted octanol–water partition coefficient (Wildman–Crippen LogP) is 3.53. The van der Waals surface area contributed by atoms with Crippen LogP contribution in [0.5, 0.6) is 5.75 Å². The smallest absolute Gasteiger partial charge is 0.168 e. The normalized spacial score (nSPS) is 27.3. The minimum Gasteiger partial charge on any atom is -0.494 e. The molecule has 0 amide bonds. The monoisotopic (exact) mass is 265 g/mol. The van der Waals surface area contributed by atoms with Crippen LogP contribution < -0.4 is 10.5 Å². The molecule has 0 aliphatic heterocycles. The van der Waals surface area contributed by atoms with Crippen LogP contribution in [0.15, 0.2) is 18.2 Å². The molecule has 0 aromatic heterocycles. The van der Waals surface area contributed by atoms with Gasteiger partial charge in [0, 0.05) is 0 Å². The third-order valence-corrected chi connectivity index (χ3v) is 4.45. The second-order valence-corrected chi connectivity index (χ2v) is 6.02. The van der Waals surface area contributed by atoms with Crippen LogP contribution in [0.25, 0.3) is 0 Å². The summed E-state index contributed by atoms with van der Waals surface area (Å²) in [6, 6.07) is 5.37. The Morgan fingerprint density at radius 3 is 2.89 bits per heavy atom. The number of hydrogen-bond donors (Lipinski definition) is 1. The van der Waals surface area contributed by atoms with Crippen LogP contribution in [0, 0.1) is 17.2 Å². The van der Waals surface area contributed by atoms with Gasteiger partial charge in [-0.1, -0.05) is 31.9 Å². The third-order valence-electron chi connectivity index (χ3n) is 4.45. The van der Waals surface area contributed by atoms with Gasteiger partial charge in [0.05, 0.1) is 7.11 Å². The lowest BCUT2D eigenvalue weighted by atomic mass is 9.67. The van der Waals surface area contributed by atoms with Gasteiger partial charge in [-0.2, -0.15) is 0 Å². The number of benzene rings is 1. The van der Waals surface area contributed by atoms with Crippen LogP contribution in [0.1, 0.15) is 38.2 Å². The molecule has 2 rings (SSSR count). The van der Waals surface area contributed by atoms with Gasteiger partial charge in [0.25, 0.3) is 0 Å². The van der Waals surface area contributed by atoms with Crippen LogP contribution in [0.3, 0.4) is 0 Å². The lowest BCUT2D eigenvalue weighted by Crippen LogP contribution is -2.37. The Bertz CT molecular complexity index is 435. The van der Waals surface area contributed by atoms with E-state index in [-0.39, 0.29) is 11.2 Å². The largest absolute Gasteiger partial charge is 0.494 e. The van der Waals surface area contributed by atoms with Crippen LogP contribution in [0.4, 0.5) is 4.39 Å². The average molecular weight is 265 g/mol. The second kappa shape index (κ2) is 5.91. The molecule has 0 spiro atoms. The number of methoxy groups -OCH3 is 1. The van der Waals surface area contributed by atoms with Gasteiger partial charge in [-0.15, -0.1) is 0 Å². The summed E-state index contributed by atoms with van der Waals surface area (Å²) >= 11 is 0. The van der Waals surface area contributed by atoms with Crippen LogP contribution in [-0.4, -0.2) is 13.7 Å². The molecule has 1 aliphatic rings. The minimum absolute atomic E-state index is 0.0604. The van der Waals surface area contributed by atoms with E-state index in [0.717, 1.165) is 24.8 Å². The van der Waals surface area contributed by atoms with Gasteiger partial charge in [0.2, 0.25) is 0 Å². The van der Waals surface area contributed by atoms with E-state index in [1.54, 1.807) is 6.07 Å². The van der Waals surface area contributed by atoms with E-state index in [2.05, 4.69) is 6.92 Å². The number of nitrogens with two attached hydrogens (primary N) is 1. The van der Waals surface area contributed by atoms with E-state index >= 15 is 0 Å². The molecule has 1 aromatic carbocycles. The molecular weight excluding hydrogens is 241 g/mol. The zero-order valence-corrected chi connectivity index (χ0v) is 11.9. The van der Waals surface area contributed by atoms with E-state index in [1.165, 1.54) is 20.0 Å². The molecule has 19 heavy (non-hydrogen) atoms. The summed E-state index contributed by atoms with van der Waals surface area (Å²) in [4.78, 5) is 0. The van der Waals surface area contributed by atoms with Gasteiger partial charge in [-0.3, -0.25) is 0 Å². The minimum atomic E-state index is -0.226. The van der Waals surface area contributed by atoms with Crippen molar-refractivity contribution in [3.8, 4) is 5.75 Å². The summed E-state index contributed by atoms with van der Waals surface area (Å²) in [7, 11) is 1.50. The van der Waals surface area contributed by atoms with Crippen molar-refractivity contribution in [3.05, 3.63) is 29.6 Å². The molecule has 1 aromatic rings. The number of hydrogen-bond acceptors (Lipinski definition) is 2. The molecule has 1 aliphatic carbocycles. The molecule has 2 N–H and O–H groups in total. The Balaban J connectivity index is 2.23. The highest BCUT2D eigenvalue weighted by Gasteiger charge is 2.34. The maximum Gasteiger partial charge on any atom is 0.168 e. The van der Waals surface area contributed by atoms with E-state index < -0.39 is 0 Å². The first kappa shape index (κ1) is 14.3. The van der Waals surface area contributed by atoms with Gasteiger partial charge >= 0.3 is 0 Å². The van der Waals surface area contributed by atoms with E-state index in [4.69, 9.17) is 10.5 Å². The maximum absolute atomic E-state index is 14.3. The fourth-order valence-corrected chi connectivity index (χ4v) is 3.44. The van der Waals surface area contributed by atoms with Gasteiger partial charge in [-0.25, -0.2) is 4.39 Å². The first-order valence-electron chi connectivity index (χ1n) is 7.12. The SMILES string of the molecule is COc1cccc(CC2(CN)CCCC(C)C2)c1F. The topological polar surface area (TPSA) is 35.2 Å². The molecule has 0 heterocycles. The molecule has 106 valence electrons. The fourth-order valence-electron chi connectivity index (χ4n) is 3.44. The second-order valence-electron chi connectivity index (χ2n) is 6.02. The lowest BCUT2D eigenvalue weighted by molar-refractivity contribution is 0.152. The molecule has 0 saturated heterocycles. The van der Waals surface area contributed by atoms with Crippen molar-refractivity contribution >= 4 is 0 Å². The Labute approximate surface area is 115 Å². The third kappa shape index (κ3) is 3.08. The molecule has 3 heteroatoms. The summed E-state index contributed by atoms with van der Waals surface area (Å²) in [5, 5.41) is 0. The fraction of sp³-hybridized carbons (Fsp3) is 0.625. The van der Waals surface area contributed by atoms with Crippen molar-refractivity contribution in [2.45, 2.75) is 39.0 Å². The quantitative estimate of drug-likeness (QED) is 0.904. The maximum atomic E-state index is 14.3. The van der Waals surface area contributed by atoms with Crippen LogP contribution >= 0.6 is 0 Å². The van der Waals surface area contributed by atoms with Crippen molar-refractivity contribution in [2.24, 2.45) is 17.1 Å². The van der Waals surface area contributed by atoms with Gasteiger partial charge < -0.3 is 10.5 Å². The van der Waals surface area contributed by atoms with Gasteiger partial charge in [0.15, 0.2) is 11.6 Å². The predicted molar refractivity (Wildman–Crippen MR) is 75.8 cm³/mol. The van der Waals surface area contributed by atoms with Crippen molar-refractivity contribution in [2.75, 3.05) is 13.7 Å². The molecule has 1 saturated carbocycles. The van der Waals surface area contributed by atoms with Gasteiger partial charge in [-0.05, 0) is 48.8 Å². The summed E-state index contributed by atoms with van der Waals surface area (Å²) in [6.07, 6.45) is 5.38. The standard InChI is InChI=1S/C16H24FNO/c1-12-5-4-8-16(9-12,11-18)10-13-6-3-7-14(19-2)15(13)17/h3,6-7,12H,4-5,8-11,18H2,1-2H3. The summed E-state index contributed by atoms with van der Waals surface area (Å²) < 4.78 is 19.3. The first-order chi connectivity index (χ1) is 9.10. The molecule has 2 unspecified atom stereocenters. The van der Waals surface area contributed by atoms with Gasteiger partial charge in [0.1, 0.15) is 0 Å². The average Bonchev–Trinajstić information content (AvgIpc) is 2.41. The highest BCUT2D eigenvalue weighted by molar-refractivity contribution is 5.32. The molecular formula is C16H24FNO. The number of ether oxygens (including phenoxy) is 1. The lowest BCUT2D eigenvalue weighted by Gasteiger charge is -2.39. The van der Waals surface area contributed by atoms with Crippen molar-refractivity contribution < 1.29 is 9.13 Å². The number of rotatable bonds is 4. The Morgan fingerprint density at radius 2 is 2.26 bits per heavy atom. The molecule has 2 nitrogen and oxygen atoms in total. The summed E-state index contributed by atoms with van der Waals surface area (Å²) in [6.45, 7) is 2.90. The van der Waals surface area contributed by atoms with Crippen molar-refractivity contribution in [3.63, 3.8) is 0 Å². The summed E-state index contributed by atoms with van der Waals surface area (Å²) in [5.41, 5.74) is 6.81. The molecule has 0 radical (unpaired) electrons. The zero-order chi connectivity index (χ0) is 13.9. The van der Waals surface area contributed by atoms with E-state index in [9.17, 15) is 4.39 Å². The molecule has 1 fully saturated rings. The van der Waals surface area contributed by atoms with E-state index in [0.29, 0.717) is 18.2 Å². The Kier molecular flexibility index (Phi) is 4.46. The zero-order valence-electron chi connectivity index (χ0n) is 11.9. The Hall–Kier alpha value is -1.09. The van der Waals surface area contributed by atoms with Crippen LogP contribution in [0.2, 0.25) is 0 Å². The highest BCUT2D eigenvalue weighted by Crippen LogP contribution is 2.41. The van der Waals surface area contributed by atoms with Crippen LogP contribution in [-0.2, 0) is 6.42 Å². The first-order valence-corrected chi connectivity index (χ1v) is 7.12. The molecule has 0 bridgehead atoms. The molecule has 2 atom stereocenters. The van der Waals surface area contributed by atoms with E-state index in [1.807, 2.05) is 12.1 Å². The summed E-state index contributed by atoms with van der Waals surface area (Å²) in [5.74, 6) is 0.788. The highest BCUT2D eigenvalue weighted by atomic mass is 19.1. The van der Waals surface area contributed by atoms with Crippen molar-refractivity contribution in [1.82, 2.24) is 0 Å². The Morgan fingerprint density at radius 1 is 1.47 bits per heavy atom. The van der Waals surface area contributed by atoms with Crippen molar-refractivity contribution in [1.29, 1.82) is 0 Å². The number of halogens is 1.